The molecule has 2 N–H and O–H groups in total. The molecule has 5 nitrogen and oxygen atoms in total. The van der Waals surface area contributed by atoms with Gasteiger partial charge >= 0.3 is 6.03 Å². The Kier molecular flexibility index (Phi) is 4.38. The van der Waals surface area contributed by atoms with Gasteiger partial charge in [0.05, 0.1) is 17.1 Å². The Bertz CT molecular complexity index is 1190. The van der Waals surface area contributed by atoms with Gasteiger partial charge in [-0.05, 0) is 29.8 Å². The number of amides is 3. The quantitative estimate of drug-likeness (QED) is 0.401. The fourth-order valence-electron chi connectivity index (χ4n) is 3.04. The zero-order valence-corrected chi connectivity index (χ0v) is 15.2. The van der Waals surface area contributed by atoms with Crippen LogP contribution in [0.5, 0.6) is 0 Å². The van der Waals surface area contributed by atoms with Crippen molar-refractivity contribution in [1.29, 1.82) is 0 Å². The van der Waals surface area contributed by atoms with Crippen LogP contribution in [0.2, 0.25) is 5.02 Å². The van der Waals surface area contributed by atoms with Crippen molar-refractivity contribution >= 4 is 40.5 Å². The minimum atomic E-state index is -0.567. The largest absolute Gasteiger partial charge is 0.358 e. The maximum Gasteiger partial charge on any atom is 0.329 e. The van der Waals surface area contributed by atoms with Gasteiger partial charge < -0.3 is 10.3 Å². The van der Waals surface area contributed by atoms with Gasteiger partial charge in [-0.25, -0.2) is 9.18 Å². The number of carbonyl (C=O) groups excluding carboxylic acids is 2. The van der Waals surface area contributed by atoms with Gasteiger partial charge in [-0.15, -0.1) is 6.42 Å². The minimum Gasteiger partial charge on any atom is -0.358 e. The normalized spacial score (nSPS) is 15.3. The van der Waals surface area contributed by atoms with Crippen LogP contribution in [0, 0.1) is 18.2 Å². The molecule has 28 heavy (non-hydrogen) atoms. The average Bonchev–Trinajstić information content (AvgIpc) is 3.22. The summed E-state index contributed by atoms with van der Waals surface area (Å²) < 4.78 is 14.1. The summed E-state index contributed by atoms with van der Waals surface area (Å²) in [6, 6.07) is 9.59. The van der Waals surface area contributed by atoms with Crippen LogP contribution in [0.1, 0.15) is 16.7 Å². The highest BCUT2D eigenvalue weighted by Crippen LogP contribution is 2.28. The summed E-state index contributed by atoms with van der Waals surface area (Å²) in [6.07, 6.45) is 8.39. The van der Waals surface area contributed by atoms with E-state index in [1.807, 2.05) is 0 Å². The predicted octanol–water partition coefficient (Wildman–Crippen LogP) is 4.03. The first kappa shape index (κ1) is 17.8. The molecule has 7 heteroatoms. The Balaban J connectivity index is 1.62. The number of hydrogen-bond donors (Lipinski definition) is 2. The van der Waals surface area contributed by atoms with E-state index >= 15 is 0 Å². The van der Waals surface area contributed by atoms with Gasteiger partial charge in [0.25, 0.3) is 5.91 Å². The lowest BCUT2D eigenvalue weighted by Crippen LogP contribution is -2.30. The molecule has 1 saturated heterocycles. The van der Waals surface area contributed by atoms with Gasteiger partial charge in [-0.1, -0.05) is 35.7 Å². The van der Waals surface area contributed by atoms with E-state index in [-0.39, 0.29) is 22.8 Å². The molecule has 2 aromatic carbocycles. The number of imide groups is 1. The van der Waals surface area contributed by atoms with Crippen molar-refractivity contribution in [3.8, 4) is 12.3 Å². The Morgan fingerprint density at radius 3 is 2.64 bits per heavy atom. The molecule has 138 valence electrons. The SMILES string of the molecule is C#Cc1ccc(CN2C(=O)NC(=Cc3c[nH]c4c(F)c(Cl)ccc34)C2=O)cc1. The molecule has 1 aromatic heterocycles. The monoisotopic (exact) mass is 393 g/mol. The highest BCUT2D eigenvalue weighted by atomic mass is 35.5. The number of halogens is 2. The summed E-state index contributed by atoms with van der Waals surface area (Å²) >= 11 is 5.79. The summed E-state index contributed by atoms with van der Waals surface area (Å²) in [5, 5.41) is 3.11. The van der Waals surface area contributed by atoms with Crippen molar-refractivity contribution in [1.82, 2.24) is 15.2 Å². The smallest absolute Gasteiger partial charge is 0.329 e. The van der Waals surface area contributed by atoms with Crippen molar-refractivity contribution < 1.29 is 14.0 Å². The second-order valence-corrected chi connectivity index (χ2v) is 6.66. The van der Waals surface area contributed by atoms with Crippen molar-refractivity contribution in [3.05, 3.63) is 75.8 Å². The van der Waals surface area contributed by atoms with E-state index in [0.717, 1.165) is 10.5 Å². The number of nitrogens with zero attached hydrogens (tertiary/aromatic N) is 1. The minimum absolute atomic E-state index is 0.000767. The number of carbonyl (C=O) groups is 2. The van der Waals surface area contributed by atoms with Crippen LogP contribution in [0.15, 0.2) is 48.3 Å². The summed E-state index contributed by atoms with van der Waals surface area (Å²) in [6.45, 7) is 0.116. The Morgan fingerprint density at radius 1 is 1.18 bits per heavy atom. The molecule has 1 fully saturated rings. The fraction of sp³-hybridized carbons (Fsp3) is 0.0476. The lowest BCUT2D eigenvalue weighted by Gasteiger charge is -2.11. The molecular weight excluding hydrogens is 381 g/mol. The van der Waals surface area contributed by atoms with Gasteiger partial charge in [0.2, 0.25) is 0 Å². The first-order valence-electron chi connectivity index (χ1n) is 8.33. The molecule has 0 saturated carbocycles. The molecule has 0 aliphatic carbocycles. The molecular formula is C21H13ClFN3O2. The second-order valence-electron chi connectivity index (χ2n) is 6.25. The van der Waals surface area contributed by atoms with Crippen molar-refractivity contribution in [2.75, 3.05) is 0 Å². The Labute approximate surface area is 164 Å². The van der Waals surface area contributed by atoms with Crippen molar-refractivity contribution in [2.45, 2.75) is 6.54 Å². The van der Waals surface area contributed by atoms with E-state index in [0.29, 0.717) is 16.5 Å². The third kappa shape index (κ3) is 3.02. The molecule has 0 unspecified atom stereocenters. The third-order valence-electron chi connectivity index (χ3n) is 4.50. The first-order valence-corrected chi connectivity index (χ1v) is 8.71. The number of aromatic amines is 1. The van der Waals surface area contributed by atoms with E-state index in [9.17, 15) is 14.0 Å². The number of hydrogen-bond acceptors (Lipinski definition) is 2. The average molecular weight is 394 g/mol. The van der Waals surface area contributed by atoms with Crippen LogP contribution in [-0.4, -0.2) is 21.8 Å². The Morgan fingerprint density at radius 2 is 1.93 bits per heavy atom. The molecule has 1 aliphatic rings. The van der Waals surface area contributed by atoms with Crippen LogP contribution in [-0.2, 0) is 11.3 Å². The number of terminal acetylenes is 1. The third-order valence-corrected chi connectivity index (χ3v) is 4.79. The summed E-state index contributed by atoms with van der Waals surface area (Å²) in [5.41, 5.74) is 2.40. The molecule has 0 bridgehead atoms. The van der Waals surface area contributed by atoms with Crippen LogP contribution >= 0.6 is 11.6 Å². The van der Waals surface area contributed by atoms with E-state index in [4.69, 9.17) is 18.0 Å². The first-order chi connectivity index (χ1) is 13.5. The molecule has 1 aliphatic heterocycles. The topological polar surface area (TPSA) is 65.2 Å². The molecule has 4 rings (SSSR count). The highest BCUT2D eigenvalue weighted by Gasteiger charge is 2.33. The molecule has 3 amide bonds. The van der Waals surface area contributed by atoms with Crippen molar-refractivity contribution in [2.24, 2.45) is 0 Å². The molecule has 0 atom stereocenters. The molecule has 2 heterocycles. The lowest BCUT2D eigenvalue weighted by atomic mass is 10.1. The van der Waals surface area contributed by atoms with Gasteiger partial charge in [-0.3, -0.25) is 9.69 Å². The molecule has 3 aromatic rings. The zero-order valence-electron chi connectivity index (χ0n) is 14.4. The number of benzene rings is 2. The second kappa shape index (κ2) is 6.87. The summed E-state index contributed by atoms with van der Waals surface area (Å²) in [7, 11) is 0. The number of fused-ring (bicyclic) bond motifs is 1. The van der Waals surface area contributed by atoms with Crippen molar-refractivity contribution in [3.63, 3.8) is 0 Å². The van der Waals surface area contributed by atoms with Crippen LogP contribution in [0.25, 0.3) is 17.0 Å². The maximum atomic E-state index is 14.1. The van der Waals surface area contributed by atoms with E-state index < -0.39 is 17.8 Å². The number of H-pyrrole nitrogens is 1. The maximum absolute atomic E-state index is 14.1. The summed E-state index contributed by atoms with van der Waals surface area (Å²) in [4.78, 5) is 28.8. The fourth-order valence-corrected chi connectivity index (χ4v) is 3.20. The van der Waals surface area contributed by atoms with E-state index in [1.54, 1.807) is 36.5 Å². The van der Waals surface area contributed by atoms with Crippen LogP contribution in [0.4, 0.5) is 9.18 Å². The zero-order chi connectivity index (χ0) is 19.8. The number of urea groups is 1. The number of aromatic nitrogens is 1. The molecule has 0 radical (unpaired) electrons. The standard InChI is InChI=1S/C21H13ClFN3O2/c1-2-12-3-5-13(6-4-12)11-26-20(27)17(25-21(26)28)9-14-10-24-19-15(14)7-8-16(22)18(19)23/h1,3-10,24H,11H2,(H,25,28). The predicted molar refractivity (Wildman–Crippen MR) is 105 cm³/mol. The van der Waals surface area contributed by atoms with E-state index in [2.05, 4.69) is 16.2 Å². The molecule has 0 spiro atoms. The van der Waals surface area contributed by atoms with Crippen LogP contribution < -0.4 is 5.32 Å². The number of nitrogens with one attached hydrogen (secondary N) is 2. The van der Waals surface area contributed by atoms with Gasteiger partial charge in [0.15, 0.2) is 5.82 Å². The van der Waals surface area contributed by atoms with Gasteiger partial charge in [0.1, 0.15) is 5.70 Å². The lowest BCUT2D eigenvalue weighted by molar-refractivity contribution is -0.123. The number of rotatable bonds is 3. The Hall–Kier alpha value is -3.56. The summed E-state index contributed by atoms with van der Waals surface area (Å²) in [5.74, 6) is 1.48. The van der Waals surface area contributed by atoms with Crippen LogP contribution in [0.3, 0.4) is 0 Å². The van der Waals surface area contributed by atoms with E-state index in [1.165, 1.54) is 12.1 Å². The van der Waals surface area contributed by atoms with Gasteiger partial charge in [0, 0.05) is 22.7 Å². The highest BCUT2D eigenvalue weighted by molar-refractivity contribution is 6.31. The van der Waals surface area contributed by atoms with Gasteiger partial charge in [-0.2, -0.15) is 0 Å².